The van der Waals surface area contributed by atoms with E-state index in [9.17, 15) is 9.59 Å². The minimum atomic E-state index is -0.737. The number of rotatable bonds is 1. The molecule has 0 aliphatic heterocycles. The van der Waals surface area contributed by atoms with Gasteiger partial charge in [0.15, 0.2) is 0 Å². The fourth-order valence-electron chi connectivity index (χ4n) is 1.11. The average Bonchev–Trinajstić information content (AvgIpc) is 2.27. The fourth-order valence-corrected chi connectivity index (χ4v) is 1.23. The van der Waals surface area contributed by atoms with Gasteiger partial charge in [-0.2, -0.15) is 0 Å². The first-order valence-electron chi connectivity index (χ1n) is 5.58. The maximum atomic E-state index is 11.4. The maximum Gasteiger partial charge on any atom is 0.426 e. The Kier molecular flexibility index (Phi) is 5.00. The van der Waals surface area contributed by atoms with Crippen LogP contribution in [0.15, 0.2) is 24.3 Å². The van der Waals surface area contributed by atoms with Crippen molar-refractivity contribution in [3.8, 4) is 0 Å². The summed E-state index contributed by atoms with van der Waals surface area (Å²) in [5, 5.41) is 3.08. The first-order valence-corrected chi connectivity index (χ1v) is 5.95. The molecule has 3 amide bonds. The number of hydrogen-bond acceptors (Lipinski definition) is 3. The molecule has 0 saturated heterocycles. The zero-order chi connectivity index (χ0) is 14.5. The number of halogens is 1. The van der Waals surface area contributed by atoms with Crippen LogP contribution in [0.2, 0.25) is 5.02 Å². The molecule has 0 atom stereocenters. The molecular weight excluding hydrogens is 270 g/mol. The van der Waals surface area contributed by atoms with Crippen molar-refractivity contribution >= 4 is 29.4 Å². The highest BCUT2D eigenvalue weighted by atomic mass is 35.5. The standard InChI is InChI=1S/C12H16ClN3O3/c1-12(2,3)19-11(18)16-15-10(17)14-9-6-4-8(13)5-7-9/h4-7H,1-3H3,(H,16,18)(H2,14,15,17). The van der Waals surface area contributed by atoms with E-state index in [0.29, 0.717) is 10.7 Å². The van der Waals surface area contributed by atoms with Gasteiger partial charge in [0.1, 0.15) is 5.60 Å². The third-order valence-electron chi connectivity index (χ3n) is 1.78. The topological polar surface area (TPSA) is 79.5 Å². The number of carbonyl (C=O) groups excluding carboxylic acids is 2. The lowest BCUT2D eigenvalue weighted by molar-refractivity contribution is 0.0506. The van der Waals surface area contributed by atoms with E-state index in [2.05, 4.69) is 16.2 Å². The molecule has 1 aromatic carbocycles. The zero-order valence-electron chi connectivity index (χ0n) is 10.9. The number of carbonyl (C=O) groups is 2. The van der Waals surface area contributed by atoms with Gasteiger partial charge in [-0.1, -0.05) is 11.6 Å². The van der Waals surface area contributed by atoms with Crippen molar-refractivity contribution in [3.63, 3.8) is 0 Å². The Labute approximate surface area is 116 Å². The molecule has 0 fully saturated rings. The number of ether oxygens (including phenoxy) is 1. The molecule has 0 spiro atoms. The quantitative estimate of drug-likeness (QED) is 0.694. The summed E-state index contributed by atoms with van der Waals surface area (Å²) in [5.74, 6) is 0. The molecular formula is C12H16ClN3O3. The Bertz CT molecular complexity index is 454. The van der Waals surface area contributed by atoms with E-state index < -0.39 is 17.7 Å². The van der Waals surface area contributed by atoms with E-state index in [4.69, 9.17) is 16.3 Å². The summed E-state index contributed by atoms with van der Waals surface area (Å²) in [4.78, 5) is 22.7. The lowest BCUT2D eigenvalue weighted by atomic mass is 10.2. The molecule has 104 valence electrons. The van der Waals surface area contributed by atoms with Crippen molar-refractivity contribution in [1.29, 1.82) is 0 Å². The third kappa shape index (κ3) is 6.52. The van der Waals surface area contributed by atoms with Gasteiger partial charge in [-0.3, -0.25) is 0 Å². The van der Waals surface area contributed by atoms with Gasteiger partial charge in [0, 0.05) is 10.7 Å². The van der Waals surface area contributed by atoms with Crippen molar-refractivity contribution in [3.05, 3.63) is 29.3 Å². The Morgan fingerprint density at radius 3 is 2.21 bits per heavy atom. The van der Waals surface area contributed by atoms with E-state index in [1.165, 1.54) is 0 Å². The number of benzene rings is 1. The molecule has 0 saturated carbocycles. The third-order valence-corrected chi connectivity index (χ3v) is 2.03. The fraction of sp³-hybridized carbons (Fsp3) is 0.333. The molecule has 0 bridgehead atoms. The number of amides is 3. The van der Waals surface area contributed by atoms with Crippen LogP contribution in [0.25, 0.3) is 0 Å². The lowest BCUT2D eigenvalue weighted by Crippen LogP contribution is -2.46. The molecule has 0 aromatic heterocycles. The molecule has 0 aliphatic rings. The number of nitrogens with one attached hydrogen (secondary N) is 3. The molecule has 3 N–H and O–H groups in total. The Balaban J connectivity index is 2.36. The van der Waals surface area contributed by atoms with Gasteiger partial charge in [-0.05, 0) is 45.0 Å². The normalized spacial score (nSPS) is 10.5. The molecule has 0 aliphatic carbocycles. The molecule has 19 heavy (non-hydrogen) atoms. The minimum Gasteiger partial charge on any atom is -0.443 e. The highest BCUT2D eigenvalue weighted by molar-refractivity contribution is 6.30. The van der Waals surface area contributed by atoms with Crippen LogP contribution < -0.4 is 16.2 Å². The summed E-state index contributed by atoms with van der Waals surface area (Å²) >= 11 is 5.71. The lowest BCUT2D eigenvalue weighted by Gasteiger charge is -2.19. The summed E-state index contributed by atoms with van der Waals surface area (Å²) in [6.45, 7) is 5.17. The molecule has 0 heterocycles. The minimum absolute atomic E-state index is 0.549. The van der Waals surface area contributed by atoms with E-state index in [-0.39, 0.29) is 0 Å². The van der Waals surface area contributed by atoms with Crippen LogP contribution >= 0.6 is 11.6 Å². The van der Waals surface area contributed by atoms with E-state index in [1.54, 1.807) is 45.0 Å². The Morgan fingerprint density at radius 1 is 1.11 bits per heavy atom. The van der Waals surface area contributed by atoms with E-state index in [1.807, 2.05) is 0 Å². The van der Waals surface area contributed by atoms with Crippen LogP contribution in [-0.4, -0.2) is 17.7 Å². The van der Waals surface area contributed by atoms with Crippen LogP contribution in [0.1, 0.15) is 20.8 Å². The van der Waals surface area contributed by atoms with Gasteiger partial charge in [0.2, 0.25) is 0 Å². The summed E-state index contributed by atoms with van der Waals surface area (Å²) in [6, 6.07) is 5.95. The van der Waals surface area contributed by atoms with Gasteiger partial charge >= 0.3 is 12.1 Å². The summed E-state index contributed by atoms with van der Waals surface area (Å²) in [7, 11) is 0. The number of urea groups is 1. The van der Waals surface area contributed by atoms with Crippen LogP contribution in [0.4, 0.5) is 15.3 Å². The van der Waals surface area contributed by atoms with Crippen LogP contribution in [0, 0.1) is 0 Å². The van der Waals surface area contributed by atoms with E-state index in [0.717, 1.165) is 0 Å². The molecule has 6 nitrogen and oxygen atoms in total. The Morgan fingerprint density at radius 2 is 1.68 bits per heavy atom. The summed E-state index contributed by atoms with van der Waals surface area (Å²) in [5.41, 5.74) is 4.20. The highest BCUT2D eigenvalue weighted by Crippen LogP contribution is 2.12. The SMILES string of the molecule is CC(C)(C)OC(=O)NNC(=O)Nc1ccc(Cl)cc1. The monoisotopic (exact) mass is 285 g/mol. The van der Waals surface area contributed by atoms with E-state index >= 15 is 0 Å². The number of anilines is 1. The maximum absolute atomic E-state index is 11.4. The number of hydrogen-bond donors (Lipinski definition) is 3. The molecule has 0 unspecified atom stereocenters. The summed E-state index contributed by atoms with van der Waals surface area (Å²) < 4.78 is 4.94. The van der Waals surface area contributed by atoms with Crippen molar-refractivity contribution in [2.45, 2.75) is 26.4 Å². The van der Waals surface area contributed by atoms with Crippen LogP contribution in [-0.2, 0) is 4.74 Å². The predicted octanol–water partition coefficient (Wildman–Crippen LogP) is 2.90. The van der Waals surface area contributed by atoms with Gasteiger partial charge in [0.05, 0.1) is 0 Å². The van der Waals surface area contributed by atoms with Crippen molar-refractivity contribution in [2.75, 3.05) is 5.32 Å². The van der Waals surface area contributed by atoms with Crippen molar-refractivity contribution < 1.29 is 14.3 Å². The van der Waals surface area contributed by atoms with Gasteiger partial charge < -0.3 is 10.1 Å². The van der Waals surface area contributed by atoms with Crippen molar-refractivity contribution in [1.82, 2.24) is 10.9 Å². The zero-order valence-corrected chi connectivity index (χ0v) is 11.7. The largest absolute Gasteiger partial charge is 0.443 e. The second-order valence-electron chi connectivity index (χ2n) is 4.71. The predicted molar refractivity (Wildman–Crippen MR) is 73.0 cm³/mol. The number of hydrazine groups is 1. The average molecular weight is 286 g/mol. The van der Waals surface area contributed by atoms with Gasteiger partial charge in [-0.15, -0.1) is 0 Å². The first kappa shape index (κ1) is 15.1. The highest BCUT2D eigenvalue weighted by Gasteiger charge is 2.16. The summed E-state index contributed by atoms with van der Waals surface area (Å²) in [6.07, 6.45) is -0.737. The molecule has 1 rings (SSSR count). The second kappa shape index (κ2) is 6.29. The molecule has 1 aromatic rings. The smallest absolute Gasteiger partial charge is 0.426 e. The first-order chi connectivity index (χ1) is 8.76. The Hall–Kier alpha value is -1.95. The van der Waals surface area contributed by atoms with Crippen LogP contribution in [0.5, 0.6) is 0 Å². The second-order valence-corrected chi connectivity index (χ2v) is 5.15. The van der Waals surface area contributed by atoms with Crippen LogP contribution in [0.3, 0.4) is 0 Å². The van der Waals surface area contributed by atoms with Gasteiger partial charge in [0.25, 0.3) is 0 Å². The van der Waals surface area contributed by atoms with Crippen molar-refractivity contribution in [2.24, 2.45) is 0 Å². The molecule has 7 heteroatoms. The molecule has 0 radical (unpaired) electrons. The van der Waals surface area contributed by atoms with Gasteiger partial charge in [-0.25, -0.2) is 20.4 Å².